The van der Waals surface area contributed by atoms with Gasteiger partial charge >= 0.3 is 0 Å². The van der Waals surface area contributed by atoms with Gasteiger partial charge in [-0.05, 0) is 35.0 Å². The third-order valence-corrected chi connectivity index (χ3v) is 3.15. The highest BCUT2D eigenvalue weighted by Gasteiger charge is 2.17. The molecule has 0 spiro atoms. The fraction of sp³-hybridized carbons (Fsp3) is 0.417. The first kappa shape index (κ1) is 15.0. The molecule has 1 amide bonds. The van der Waals surface area contributed by atoms with Crippen molar-refractivity contribution in [2.75, 3.05) is 14.1 Å². The Morgan fingerprint density at radius 2 is 2.06 bits per heavy atom. The lowest BCUT2D eigenvalue weighted by Crippen LogP contribution is -2.41. The summed E-state index contributed by atoms with van der Waals surface area (Å²) in [7, 11) is 3.25. The third-order valence-electron chi connectivity index (χ3n) is 2.54. The average molecular weight is 321 g/mol. The number of hydrogen-bond acceptors (Lipinski definition) is 2. The molecule has 100 valence electrons. The Kier molecular flexibility index (Phi) is 5.22. The summed E-state index contributed by atoms with van der Waals surface area (Å²) >= 11 is 2.99. The summed E-state index contributed by atoms with van der Waals surface area (Å²) in [6.45, 7) is 1.61. The molecule has 0 aliphatic heterocycles. The van der Waals surface area contributed by atoms with Crippen LogP contribution in [0.5, 0.6) is 0 Å². The van der Waals surface area contributed by atoms with Crippen LogP contribution in [-0.2, 0) is 11.3 Å². The number of amides is 1. The van der Waals surface area contributed by atoms with Crippen LogP contribution in [0.4, 0.5) is 8.78 Å². The van der Waals surface area contributed by atoms with Crippen molar-refractivity contribution in [1.29, 1.82) is 0 Å². The van der Waals surface area contributed by atoms with Gasteiger partial charge in [-0.15, -0.1) is 0 Å². The van der Waals surface area contributed by atoms with E-state index in [1.807, 2.05) is 0 Å². The van der Waals surface area contributed by atoms with E-state index >= 15 is 0 Å². The van der Waals surface area contributed by atoms with Crippen LogP contribution in [0, 0.1) is 11.6 Å². The van der Waals surface area contributed by atoms with E-state index in [0.717, 1.165) is 0 Å². The van der Waals surface area contributed by atoms with Gasteiger partial charge in [-0.25, -0.2) is 8.78 Å². The first-order valence-electron chi connectivity index (χ1n) is 5.41. The summed E-state index contributed by atoms with van der Waals surface area (Å²) in [6, 6.07) is 1.99. The van der Waals surface area contributed by atoms with Crippen molar-refractivity contribution in [1.82, 2.24) is 10.2 Å². The normalized spacial score (nSPS) is 12.3. The standard InChI is InChI=1S/C12H15BrF2N2O/c1-7(12(18)17(2)3)16-6-8-10(14)5-4-9(13)11(8)15/h4-5,7,16H,6H2,1-3H3. The highest BCUT2D eigenvalue weighted by atomic mass is 79.9. The fourth-order valence-corrected chi connectivity index (χ4v) is 1.83. The molecule has 1 aromatic rings. The molecular formula is C12H15BrF2N2O. The van der Waals surface area contributed by atoms with Crippen LogP contribution < -0.4 is 5.32 Å². The number of nitrogens with zero attached hydrogens (tertiary/aromatic N) is 1. The molecule has 1 atom stereocenters. The number of halogens is 3. The van der Waals surface area contributed by atoms with Crippen LogP contribution >= 0.6 is 15.9 Å². The van der Waals surface area contributed by atoms with E-state index in [1.165, 1.54) is 17.0 Å². The van der Waals surface area contributed by atoms with Gasteiger partial charge in [-0.3, -0.25) is 4.79 Å². The van der Waals surface area contributed by atoms with Crippen LogP contribution in [0.1, 0.15) is 12.5 Å². The molecule has 0 aliphatic carbocycles. The minimum absolute atomic E-state index is 0.0438. The molecule has 3 nitrogen and oxygen atoms in total. The second-order valence-corrected chi connectivity index (χ2v) is 5.01. The molecule has 0 saturated carbocycles. The summed E-state index contributed by atoms with van der Waals surface area (Å²) in [5.41, 5.74) is -0.0808. The van der Waals surface area contributed by atoms with Crippen molar-refractivity contribution in [2.24, 2.45) is 0 Å². The second-order valence-electron chi connectivity index (χ2n) is 4.16. The number of nitrogens with one attached hydrogen (secondary N) is 1. The lowest BCUT2D eigenvalue weighted by Gasteiger charge is -2.18. The molecule has 1 rings (SSSR count). The van der Waals surface area contributed by atoms with Gasteiger partial charge in [0.05, 0.1) is 10.5 Å². The zero-order chi connectivity index (χ0) is 13.9. The van der Waals surface area contributed by atoms with E-state index in [0.29, 0.717) is 0 Å². The zero-order valence-electron chi connectivity index (χ0n) is 10.4. The maximum atomic E-state index is 13.7. The predicted molar refractivity (Wildman–Crippen MR) is 69.1 cm³/mol. The van der Waals surface area contributed by atoms with E-state index in [4.69, 9.17) is 0 Å². The van der Waals surface area contributed by atoms with Crippen molar-refractivity contribution < 1.29 is 13.6 Å². The van der Waals surface area contributed by atoms with Gasteiger partial charge in [-0.1, -0.05) is 0 Å². The molecular weight excluding hydrogens is 306 g/mol. The van der Waals surface area contributed by atoms with Crippen LogP contribution in [0.15, 0.2) is 16.6 Å². The van der Waals surface area contributed by atoms with Crippen molar-refractivity contribution in [2.45, 2.75) is 19.5 Å². The Morgan fingerprint density at radius 3 is 2.61 bits per heavy atom. The minimum atomic E-state index is -0.646. The Balaban J connectivity index is 2.75. The van der Waals surface area contributed by atoms with Crippen LogP contribution in [0.3, 0.4) is 0 Å². The first-order valence-corrected chi connectivity index (χ1v) is 6.20. The van der Waals surface area contributed by atoms with Crippen molar-refractivity contribution >= 4 is 21.8 Å². The quantitative estimate of drug-likeness (QED) is 0.863. The second kappa shape index (κ2) is 6.24. The molecule has 18 heavy (non-hydrogen) atoms. The Bertz CT molecular complexity index is 452. The predicted octanol–water partition coefficient (Wildman–Crippen LogP) is 2.29. The van der Waals surface area contributed by atoms with Crippen molar-refractivity contribution in [3.8, 4) is 0 Å². The highest BCUT2D eigenvalue weighted by Crippen LogP contribution is 2.21. The van der Waals surface area contributed by atoms with E-state index in [-0.39, 0.29) is 22.5 Å². The molecule has 1 aromatic carbocycles. The summed E-state index contributed by atoms with van der Waals surface area (Å²) < 4.78 is 27.3. The Hall–Kier alpha value is -1.01. The van der Waals surface area contributed by atoms with Crippen molar-refractivity contribution in [3.05, 3.63) is 33.8 Å². The van der Waals surface area contributed by atoms with Crippen LogP contribution in [0.25, 0.3) is 0 Å². The molecule has 0 radical (unpaired) electrons. The maximum absolute atomic E-state index is 13.7. The first-order chi connectivity index (χ1) is 8.34. The zero-order valence-corrected chi connectivity index (χ0v) is 12.0. The van der Waals surface area contributed by atoms with Gasteiger partial charge < -0.3 is 10.2 Å². The largest absolute Gasteiger partial charge is 0.347 e. The molecule has 0 heterocycles. The molecule has 0 bridgehead atoms. The SMILES string of the molecule is CC(NCc1c(F)ccc(Br)c1F)C(=O)N(C)C. The lowest BCUT2D eigenvalue weighted by atomic mass is 10.2. The molecule has 1 unspecified atom stereocenters. The van der Waals surface area contributed by atoms with E-state index in [1.54, 1.807) is 21.0 Å². The molecule has 0 aromatic heterocycles. The summed E-state index contributed by atoms with van der Waals surface area (Å²) in [5, 5.41) is 2.80. The summed E-state index contributed by atoms with van der Waals surface area (Å²) in [4.78, 5) is 13.0. The monoisotopic (exact) mass is 320 g/mol. The summed E-state index contributed by atoms with van der Waals surface area (Å²) in [5.74, 6) is -1.43. The minimum Gasteiger partial charge on any atom is -0.347 e. The number of carbonyl (C=O) groups is 1. The van der Waals surface area contributed by atoms with Gasteiger partial charge in [0.1, 0.15) is 11.6 Å². The van der Waals surface area contributed by atoms with Gasteiger partial charge in [0.2, 0.25) is 5.91 Å². The van der Waals surface area contributed by atoms with Gasteiger partial charge in [0, 0.05) is 26.2 Å². The number of benzene rings is 1. The molecule has 6 heteroatoms. The van der Waals surface area contributed by atoms with Gasteiger partial charge in [0.25, 0.3) is 0 Å². The lowest BCUT2D eigenvalue weighted by molar-refractivity contribution is -0.130. The molecule has 0 aliphatic rings. The fourth-order valence-electron chi connectivity index (χ4n) is 1.46. The maximum Gasteiger partial charge on any atom is 0.238 e. The molecule has 0 saturated heterocycles. The Labute approximate surface area is 113 Å². The molecule has 0 fully saturated rings. The smallest absolute Gasteiger partial charge is 0.238 e. The summed E-state index contributed by atoms with van der Waals surface area (Å²) in [6.07, 6.45) is 0. The number of carbonyl (C=O) groups excluding carboxylic acids is 1. The average Bonchev–Trinajstić information content (AvgIpc) is 2.32. The topological polar surface area (TPSA) is 32.3 Å². The van der Waals surface area contributed by atoms with E-state index in [2.05, 4.69) is 21.2 Å². The highest BCUT2D eigenvalue weighted by molar-refractivity contribution is 9.10. The number of hydrogen-bond donors (Lipinski definition) is 1. The Morgan fingerprint density at radius 1 is 1.44 bits per heavy atom. The number of rotatable bonds is 4. The van der Waals surface area contributed by atoms with Crippen molar-refractivity contribution in [3.63, 3.8) is 0 Å². The van der Waals surface area contributed by atoms with Gasteiger partial charge in [0.15, 0.2) is 0 Å². The van der Waals surface area contributed by atoms with E-state index in [9.17, 15) is 13.6 Å². The molecule has 1 N–H and O–H groups in total. The third kappa shape index (κ3) is 3.49. The van der Waals surface area contributed by atoms with E-state index < -0.39 is 17.7 Å². The van der Waals surface area contributed by atoms with Crippen LogP contribution in [-0.4, -0.2) is 30.9 Å². The van der Waals surface area contributed by atoms with Crippen LogP contribution in [0.2, 0.25) is 0 Å². The van der Waals surface area contributed by atoms with Gasteiger partial charge in [-0.2, -0.15) is 0 Å². The number of likely N-dealkylation sites (N-methyl/N-ethyl adjacent to an activating group) is 1.